The number of nitrogens with two attached hydrogens (primary N) is 2. The fourth-order valence-electron chi connectivity index (χ4n) is 2.80. The van der Waals surface area contributed by atoms with Crippen LogP contribution in [0, 0.1) is 0 Å². The molecule has 0 aliphatic carbocycles. The number of amides is 3. The number of rotatable bonds is 9. The summed E-state index contributed by atoms with van der Waals surface area (Å²) in [7, 11) is 0. The molecule has 29 heavy (non-hydrogen) atoms. The Morgan fingerprint density at radius 3 is 2.45 bits per heavy atom. The maximum absolute atomic E-state index is 12.2. The van der Waals surface area contributed by atoms with Crippen LogP contribution in [0.5, 0.6) is 0 Å². The number of carboxylic acid groups (broad SMARTS) is 1. The number of hydrogen-bond donors (Lipinski definition) is 6. The van der Waals surface area contributed by atoms with Crippen molar-refractivity contribution in [2.24, 2.45) is 11.5 Å². The highest BCUT2D eigenvalue weighted by atomic mass is 16.5. The lowest BCUT2D eigenvalue weighted by Gasteiger charge is -2.29. The van der Waals surface area contributed by atoms with Crippen LogP contribution in [-0.4, -0.2) is 63.7 Å². The average Bonchev–Trinajstić information content (AvgIpc) is 3.14. The van der Waals surface area contributed by atoms with Gasteiger partial charge in [0.2, 0.25) is 17.7 Å². The number of carbonyl (C=O) groups excluding carboxylic acids is 2. The van der Waals surface area contributed by atoms with E-state index in [0.29, 0.717) is 26.1 Å². The monoisotopic (exact) mass is 414 g/mol. The molecule has 1 aliphatic heterocycles. The molecule has 13 heteroatoms. The van der Waals surface area contributed by atoms with Crippen molar-refractivity contribution in [3.8, 4) is 0 Å². The van der Waals surface area contributed by atoms with E-state index in [9.17, 15) is 19.5 Å². The van der Waals surface area contributed by atoms with Gasteiger partial charge in [-0.3, -0.25) is 4.79 Å². The Balaban J connectivity index is 2.14. The molecule has 13 nitrogen and oxygen atoms in total. The third-order valence-electron chi connectivity index (χ3n) is 4.57. The molecule has 0 radical (unpaired) electrons. The van der Waals surface area contributed by atoms with Crippen molar-refractivity contribution in [2.75, 3.05) is 13.2 Å². The summed E-state index contributed by atoms with van der Waals surface area (Å²) in [6.45, 7) is 2.11. The number of aliphatic hydroxyl groups is 1. The van der Waals surface area contributed by atoms with E-state index in [-0.39, 0.29) is 24.6 Å². The van der Waals surface area contributed by atoms with Crippen LogP contribution in [0.2, 0.25) is 0 Å². The van der Waals surface area contributed by atoms with E-state index in [1.807, 2.05) is 0 Å². The molecule has 3 amide bonds. The number of nitrogens with zero attached hydrogens (tertiary/aromatic N) is 2. The van der Waals surface area contributed by atoms with Crippen molar-refractivity contribution in [1.29, 1.82) is 0 Å². The van der Waals surface area contributed by atoms with Gasteiger partial charge in [0.25, 0.3) is 0 Å². The zero-order valence-electron chi connectivity index (χ0n) is 16.0. The second kappa shape index (κ2) is 9.62. The highest BCUT2D eigenvalue weighted by molar-refractivity contribution is 5.83. The minimum Gasteiger partial charge on any atom is -0.480 e. The van der Waals surface area contributed by atoms with Crippen LogP contribution in [0.4, 0.5) is 4.79 Å². The standard InChI is InChI=1S/C16H26N6O7/c1-8(23)11(13(25)26)20-15(27)19-9(2-3-10(17)24)12-21-22-14(29-12)16(18)4-6-28-7-5-16/h8-9,11,23H,2-7,18H2,1H3,(H2,17,24)(H,25,26)(H2,19,20,27). The number of aliphatic hydroxyl groups excluding tert-OH is 1. The third-order valence-corrected chi connectivity index (χ3v) is 4.57. The molecule has 0 bridgehead atoms. The van der Waals surface area contributed by atoms with E-state index in [1.165, 1.54) is 6.92 Å². The highest BCUT2D eigenvalue weighted by Gasteiger charge is 2.36. The topological polar surface area (TPSA) is 216 Å². The molecule has 1 aromatic heterocycles. The SMILES string of the molecule is CC(O)C(NC(=O)NC(CCC(N)=O)c1nnc(C2(N)CCOCC2)o1)C(=O)O. The van der Waals surface area contributed by atoms with Crippen molar-refractivity contribution in [3.63, 3.8) is 0 Å². The first kappa shape index (κ1) is 22.5. The lowest BCUT2D eigenvalue weighted by Crippen LogP contribution is -2.51. The van der Waals surface area contributed by atoms with E-state index in [0.717, 1.165) is 0 Å². The summed E-state index contributed by atoms with van der Waals surface area (Å²) in [4.78, 5) is 34.5. The smallest absolute Gasteiger partial charge is 0.328 e. The van der Waals surface area contributed by atoms with Crippen molar-refractivity contribution in [3.05, 3.63) is 11.8 Å². The van der Waals surface area contributed by atoms with E-state index in [1.54, 1.807) is 0 Å². The van der Waals surface area contributed by atoms with Crippen LogP contribution in [-0.2, 0) is 19.9 Å². The molecule has 2 heterocycles. The van der Waals surface area contributed by atoms with Crippen molar-refractivity contribution < 1.29 is 33.8 Å². The Bertz CT molecular complexity index is 731. The zero-order valence-corrected chi connectivity index (χ0v) is 16.0. The van der Waals surface area contributed by atoms with Gasteiger partial charge >= 0.3 is 12.0 Å². The number of carboxylic acids is 1. The van der Waals surface area contributed by atoms with E-state index >= 15 is 0 Å². The summed E-state index contributed by atoms with van der Waals surface area (Å²) in [5.74, 6) is -1.84. The Labute approximate surface area is 166 Å². The van der Waals surface area contributed by atoms with Crippen molar-refractivity contribution in [1.82, 2.24) is 20.8 Å². The summed E-state index contributed by atoms with van der Waals surface area (Å²) in [5.41, 5.74) is 10.6. The molecular formula is C16H26N6O7. The predicted octanol–water partition coefficient (Wildman–Crippen LogP) is -1.53. The van der Waals surface area contributed by atoms with Gasteiger partial charge in [-0.05, 0) is 26.2 Å². The van der Waals surface area contributed by atoms with Gasteiger partial charge in [0.05, 0.1) is 11.6 Å². The number of aliphatic carboxylic acids is 1. The summed E-state index contributed by atoms with van der Waals surface area (Å²) in [6.07, 6.45) is -0.435. The lowest BCUT2D eigenvalue weighted by atomic mass is 9.91. The molecule has 2 rings (SSSR count). The van der Waals surface area contributed by atoms with Gasteiger partial charge in [0.15, 0.2) is 6.04 Å². The fraction of sp³-hybridized carbons (Fsp3) is 0.688. The first-order valence-electron chi connectivity index (χ1n) is 9.09. The van der Waals surface area contributed by atoms with Gasteiger partial charge in [-0.15, -0.1) is 10.2 Å². The van der Waals surface area contributed by atoms with Crippen LogP contribution in [0.15, 0.2) is 4.42 Å². The van der Waals surface area contributed by atoms with Gasteiger partial charge in [-0.25, -0.2) is 9.59 Å². The number of hydrogen-bond acceptors (Lipinski definition) is 9. The zero-order chi connectivity index (χ0) is 21.6. The number of primary amides is 1. The first-order chi connectivity index (χ1) is 13.6. The van der Waals surface area contributed by atoms with Gasteiger partial charge in [-0.2, -0.15) is 0 Å². The third kappa shape index (κ3) is 6.10. The molecule has 162 valence electrons. The highest BCUT2D eigenvalue weighted by Crippen LogP contribution is 2.29. The van der Waals surface area contributed by atoms with Crippen LogP contribution in [0.3, 0.4) is 0 Å². The van der Waals surface area contributed by atoms with Crippen molar-refractivity contribution >= 4 is 17.9 Å². The summed E-state index contributed by atoms with van der Waals surface area (Å²) < 4.78 is 10.9. The second-order valence-corrected chi connectivity index (χ2v) is 6.95. The fourth-order valence-corrected chi connectivity index (χ4v) is 2.80. The van der Waals surface area contributed by atoms with E-state index in [4.69, 9.17) is 25.7 Å². The summed E-state index contributed by atoms with van der Waals surface area (Å²) in [6, 6.07) is -3.35. The van der Waals surface area contributed by atoms with Gasteiger partial charge in [-0.1, -0.05) is 0 Å². The number of nitrogens with one attached hydrogen (secondary N) is 2. The summed E-state index contributed by atoms with van der Waals surface area (Å²) in [5, 5.41) is 31.0. The average molecular weight is 414 g/mol. The summed E-state index contributed by atoms with van der Waals surface area (Å²) >= 11 is 0. The second-order valence-electron chi connectivity index (χ2n) is 6.95. The molecular weight excluding hydrogens is 388 g/mol. The Morgan fingerprint density at radius 1 is 1.24 bits per heavy atom. The number of aromatic nitrogens is 2. The van der Waals surface area contributed by atoms with E-state index in [2.05, 4.69) is 20.8 Å². The number of ether oxygens (including phenoxy) is 1. The van der Waals surface area contributed by atoms with Gasteiger partial charge in [0.1, 0.15) is 6.04 Å². The molecule has 0 aromatic carbocycles. The Hall–Kier alpha value is -2.77. The maximum atomic E-state index is 12.2. The molecule has 0 saturated carbocycles. The van der Waals surface area contributed by atoms with Crippen LogP contribution in [0.25, 0.3) is 0 Å². The molecule has 0 spiro atoms. The Kier molecular flexibility index (Phi) is 7.47. The minimum atomic E-state index is -1.53. The van der Waals surface area contributed by atoms with Gasteiger partial charge in [0, 0.05) is 19.6 Å². The Morgan fingerprint density at radius 2 is 1.90 bits per heavy atom. The van der Waals surface area contributed by atoms with E-state index < -0.39 is 41.6 Å². The first-order valence-corrected chi connectivity index (χ1v) is 9.09. The largest absolute Gasteiger partial charge is 0.480 e. The predicted molar refractivity (Wildman–Crippen MR) is 96.2 cm³/mol. The molecule has 1 saturated heterocycles. The van der Waals surface area contributed by atoms with Gasteiger partial charge < -0.3 is 41.5 Å². The molecule has 1 aliphatic rings. The van der Waals surface area contributed by atoms with Crippen molar-refractivity contribution in [2.45, 2.75) is 56.3 Å². The molecule has 1 fully saturated rings. The lowest BCUT2D eigenvalue weighted by molar-refractivity contribution is -0.141. The van der Waals surface area contributed by atoms with Crippen LogP contribution >= 0.6 is 0 Å². The molecule has 3 atom stereocenters. The normalized spacial score (nSPS) is 19.0. The maximum Gasteiger partial charge on any atom is 0.328 e. The number of urea groups is 1. The van der Waals surface area contributed by atoms with Crippen LogP contribution in [0.1, 0.15) is 50.4 Å². The number of carbonyl (C=O) groups is 3. The molecule has 8 N–H and O–H groups in total. The quantitative estimate of drug-likeness (QED) is 0.274. The molecule has 1 aromatic rings. The van der Waals surface area contributed by atoms with Crippen LogP contribution < -0.4 is 22.1 Å². The minimum absolute atomic E-state index is 0.00311. The molecule has 3 unspecified atom stereocenters.